The summed E-state index contributed by atoms with van der Waals surface area (Å²) in [5.74, 6) is 0. The first-order chi connectivity index (χ1) is 7.75. The highest BCUT2D eigenvalue weighted by molar-refractivity contribution is 7.80. The zero-order chi connectivity index (χ0) is 13.2. The van der Waals surface area contributed by atoms with Gasteiger partial charge in [0.15, 0.2) is 0 Å². The number of thiocarbonyl (C=S) groups is 1. The van der Waals surface area contributed by atoms with Crippen LogP contribution in [0.2, 0.25) is 0 Å². The standard InChI is InChI=1S/C11H12F3NOS/c1-15(2)10(17)9(16)7-5-3-4-6-8(7)11(12,13)14/h3-6,9,16H,1-2H3. The molecule has 0 saturated carbocycles. The summed E-state index contributed by atoms with van der Waals surface area (Å²) in [6.45, 7) is 0. The minimum absolute atomic E-state index is 0.0432. The van der Waals surface area contributed by atoms with E-state index in [0.29, 0.717) is 0 Å². The minimum atomic E-state index is -4.50. The van der Waals surface area contributed by atoms with Crippen molar-refractivity contribution in [2.45, 2.75) is 12.3 Å². The van der Waals surface area contributed by atoms with Gasteiger partial charge in [0.2, 0.25) is 0 Å². The largest absolute Gasteiger partial charge is 0.416 e. The zero-order valence-corrected chi connectivity index (χ0v) is 10.1. The lowest BCUT2D eigenvalue weighted by molar-refractivity contribution is -0.138. The van der Waals surface area contributed by atoms with E-state index in [1.165, 1.54) is 23.1 Å². The molecule has 2 nitrogen and oxygen atoms in total. The molecule has 0 aromatic heterocycles. The maximum absolute atomic E-state index is 12.7. The second-order valence-electron chi connectivity index (χ2n) is 3.72. The number of aliphatic hydroxyl groups is 1. The summed E-state index contributed by atoms with van der Waals surface area (Å²) in [7, 11) is 3.14. The highest BCUT2D eigenvalue weighted by Crippen LogP contribution is 2.34. The molecule has 0 heterocycles. The first-order valence-electron chi connectivity index (χ1n) is 4.80. The summed E-state index contributed by atoms with van der Waals surface area (Å²) in [6, 6.07) is 4.87. The normalized spacial score (nSPS) is 13.3. The van der Waals surface area contributed by atoms with Gasteiger partial charge in [-0.05, 0) is 11.6 Å². The summed E-state index contributed by atoms with van der Waals surface area (Å²) in [4.78, 5) is 1.45. The average Bonchev–Trinajstić information content (AvgIpc) is 2.25. The van der Waals surface area contributed by atoms with Gasteiger partial charge in [-0.15, -0.1) is 0 Å². The van der Waals surface area contributed by atoms with Crippen molar-refractivity contribution < 1.29 is 18.3 Å². The maximum atomic E-state index is 12.7. The van der Waals surface area contributed by atoms with Crippen LogP contribution in [0.1, 0.15) is 17.2 Å². The van der Waals surface area contributed by atoms with Crippen LogP contribution in [0, 0.1) is 0 Å². The summed E-state index contributed by atoms with van der Waals surface area (Å²) in [5, 5.41) is 9.82. The molecule has 1 rings (SSSR count). The van der Waals surface area contributed by atoms with Gasteiger partial charge < -0.3 is 10.0 Å². The monoisotopic (exact) mass is 263 g/mol. The number of alkyl halides is 3. The van der Waals surface area contributed by atoms with Crippen molar-refractivity contribution in [3.63, 3.8) is 0 Å². The Morgan fingerprint density at radius 3 is 2.29 bits per heavy atom. The molecule has 0 fully saturated rings. The van der Waals surface area contributed by atoms with Crippen molar-refractivity contribution in [3.05, 3.63) is 35.4 Å². The van der Waals surface area contributed by atoms with E-state index >= 15 is 0 Å². The van der Waals surface area contributed by atoms with Crippen LogP contribution in [0.3, 0.4) is 0 Å². The van der Waals surface area contributed by atoms with Crippen molar-refractivity contribution in [2.24, 2.45) is 0 Å². The zero-order valence-electron chi connectivity index (χ0n) is 9.32. The van der Waals surface area contributed by atoms with E-state index in [9.17, 15) is 18.3 Å². The molecule has 94 valence electrons. The number of aliphatic hydroxyl groups excluding tert-OH is 1. The Hall–Kier alpha value is -1.14. The first kappa shape index (κ1) is 13.9. The number of nitrogens with zero attached hydrogens (tertiary/aromatic N) is 1. The molecule has 0 aliphatic carbocycles. The number of halogens is 3. The fourth-order valence-electron chi connectivity index (χ4n) is 1.37. The van der Waals surface area contributed by atoms with Crippen LogP contribution in [-0.2, 0) is 6.18 Å². The number of benzene rings is 1. The van der Waals surface area contributed by atoms with Crippen molar-refractivity contribution in [1.29, 1.82) is 0 Å². The highest BCUT2D eigenvalue weighted by atomic mass is 32.1. The molecule has 6 heteroatoms. The Bertz CT molecular complexity index is 417. The first-order valence-corrected chi connectivity index (χ1v) is 5.21. The lowest BCUT2D eigenvalue weighted by Crippen LogP contribution is -2.27. The summed E-state index contributed by atoms with van der Waals surface area (Å²) in [6.07, 6.45) is -5.93. The van der Waals surface area contributed by atoms with Crippen molar-refractivity contribution in [1.82, 2.24) is 4.90 Å². The molecule has 17 heavy (non-hydrogen) atoms. The van der Waals surface area contributed by atoms with Gasteiger partial charge in [0.25, 0.3) is 0 Å². The molecule has 0 radical (unpaired) electrons. The molecule has 0 aliphatic rings. The highest BCUT2D eigenvalue weighted by Gasteiger charge is 2.35. The summed E-state index contributed by atoms with van der Waals surface area (Å²) < 4.78 is 38.1. The van der Waals surface area contributed by atoms with Crippen molar-refractivity contribution in [2.75, 3.05) is 14.1 Å². The molecule has 1 aromatic rings. The molecular formula is C11H12F3NOS. The molecule has 0 aliphatic heterocycles. The van der Waals surface area contributed by atoms with Crippen LogP contribution in [0.4, 0.5) is 13.2 Å². The van der Waals surface area contributed by atoms with Gasteiger partial charge in [0.05, 0.1) is 5.56 Å². The van der Waals surface area contributed by atoms with Crippen molar-refractivity contribution in [3.8, 4) is 0 Å². The van der Waals surface area contributed by atoms with Gasteiger partial charge in [0.1, 0.15) is 11.1 Å². The number of rotatable bonds is 2. The third kappa shape index (κ3) is 3.17. The Morgan fingerprint density at radius 2 is 1.82 bits per heavy atom. The van der Waals surface area contributed by atoms with Gasteiger partial charge in [-0.25, -0.2) is 0 Å². The van der Waals surface area contributed by atoms with Crippen LogP contribution >= 0.6 is 12.2 Å². The van der Waals surface area contributed by atoms with Crippen molar-refractivity contribution >= 4 is 17.2 Å². The molecule has 0 bridgehead atoms. The predicted octanol–water partition coefficient (Wildman–Crippen LogP) is 2.63. The Kier molecular flexibility index (Phi) is 4.11. The smallest absolute Gasteiger partial charge is 0.381 e. The average molecular weight is 263 g/mol. The van der Waals surface area contributed by atoms with Gasteiger partial charge in [0, 0.05) is 14.1 Å². The lowest BCUT2D eigenvalue weighted by atomic mass is 10.0. The van der Waals surface area contributed by atoms with E-state index in [1.54, 1.807) is 14.1 Å². The Morgan fingerprint density at radius 1 is 1.29 bits per heavy atom. The van der Waals surface area contributed by atoms with E-state index in [4.69, 9.17) is 12.2 Å². The minimum Gasteiger partial charge on any atom is -0.381 e. The molecule has 1 unspecified atom stereocenters. The molecule has 1 N–H and O–H groups in total. The van der Waals surface area contributed by atoms with E-state index in [1.807, 2.05) is 0 Å². The van der Waals surface area contributed by atoms with E-state index in [2.05, 4.69) is 0 Å². The van der Waals surface area contributed by atoms with E-state index in [0.717, 1.165) is 6.07 Å². The van der Waals surface area contributed by atoms with Crippen LogP contribution in [0.15, 0.2) is 24.3 Å². The van der Waals surface area contributed by atoms with Gasteiger partial charge in [-0.1, -0.05) is 30.4 Å². The molecule has 1 aromatic carbocycles. The number of hydrogen-bond donors (Lipinski definition) is 1. The topological polar surface area (TPSA) is 23.5 Å². The number of likely N-dealkylation sites (N-methyl/N-ethyl adjacent to an activating group) is 1. The molecule has 0 spiro atoms. The second-order valence-corrected chi connectivity index (χ2v) is 4.14. The second kappa shape index (κ2) is 5.01. The van der Waals surface area contributed by atoms with E-state index < -0.39 is 17.8 Å². The third-order valence-electron chi connectivity index (χ3n) is 2.24. The molecule has 0 amide bonds. The third-order valence-corrected chi connectivity index (χ3v) is 2.82. The van der Waals surface area contributed by atoms with Crippen LogP contribution in [0.25, 0.3) is 0 Å². The van der Waals surface area contributed by atoms with Gasteiger partial charge >= 0.3 is 6.18 Å². The van der Waals surface area contributed by atoms with Crippen LogP contribution < -0.4 is 0 Å². The predicted molar refractivity (Wildman–Crippen MR) is 62.7 cm³/mol. The van der Waals surface area contributed by atoms with E-state index in [-0.39, 0.29) is 10.6 Å². The fraction of sp³-hybridized carbons (Fsp3) is 0.364. The quantitative estimate of drug-likeness (QED) is 0.830. The maximum Gasteiger partial charge on any atom is 0.416 e. The molecule has 0 saturated heterocycles. The van der Waals surface area contributed by atoms with Gasteiger partial charge in [-0.2, -0.15) is 13.2 Å². The Labute approximate surface area is 103 Å². The lowest BCUT2D eigenvalue weighted by Gasteiger charge is -2.22. The fourth-order valence-corrected chi connectivity index (χ4v) is 1.50. The Balaban J connectivity index is 3.19. The number of hydrogen-bond acceptors (Lipinski definition) is 2. The summed E-state index contributed by atoms with van der Waals surface area (Å²) in [5.41, 5.74) is -1.09. The summed E-state index contributed by atoms with van der Waals surface area (Å²) >= 11 is 4.87. The molecule has 1 atom stereocenters. The van der Waals surface area contributed by atoms with Gasteiger partial charge in [-0.3, -0.25) is 0 Å². The van der Waals surface area contributed by atoms with Crippen LogP contribution in [0.5, 0.6) is 0 Å². The SMILES string of the molecule is CN(C)C(=S)C(O)c1ccccc1C(F)(F)F. The van der Waals surface area contributed by atoms with Crippen LogP contribution in [-0.4, -0.2) is 29.1 Å². The molecular weight excluding hydrogens is 251 g/mol.